The van der Waals surface area contributed by atoms with Gasteiger partial charge in [-0.05, 0) is 74.1 Å². The minimum Gasteiger partial charge on any atom is -0.494 e. The van der Waals surface area contributed by atoms with E-state index in [4.69, 9.17) is 4.74 Å². The minimum absolute atomic E-state index is 0.175. The minimum atomic E-state index is 0.175. The smallest absolute Gasteiger partial charge is 0.189 e. The van der Waals surface area contributed by atoms with Gasteiger partial charge >= 0.3 is 0 Å². The first-order valence-corrected chi connectivity index (χ1v) is 8.66. The van der Waals surface area contributed by atoms with Gasteiger partial charge in [-0.15, -0.1) is 0 Å². The highest BCUT2D eigenvalue weighted by Gasteiger charge is 2.23. The lowest BCUT2D eigenvalue weighted by Gasteiger charge is -2.20. The van der Waals surface area contributed by atoms with Crippen molar-refractivity contribution in [2.75, 3.05) is 6.61 Å². The molecule has 0 bridgehead atoms. The van der Waals surface area contributed by atoms with Crippen molar-refractivity contribution in [1.29, 1.82) is 0 Å². The highest BCUT2D eigenvalue weighted by Crippen LogP contribution is 2.30. The number of Topliss-reactive ketones (excluding diaryl/α,β-unsaturated/α-hetero) is 1. The van der Waals surface area contributed by atoms with Crippen LogP contribution in [0.1, 0.15) is 52.4 Å². The molecule has 0 N–H and O–H groups in total. The molecule has 0 fully saturated rings. The summed E-state index contributed by atoms with van der Waals surface area (Å²) in [4.78, 5) is 12.8. The molecule has 0 spiro atoms. The Hall–Kier alpha value is -2.35. The molecule has 2 aromatic carbocycles. The third-order valence-corrected chi connectivity index (χ3v) is 4.49. The van der Waals surface area contributed by atoms with Gasteiger partial charge in [-0.1, -0.05) is 30.7 Å². The molecule has 2 aromatic rings. The van der Waals surface area contributed by atoms with Crippen molar-refractivity contribution in [2.24, 2.45) is 0 Å². The van der Waals surface area contributed by atoms with Crippen LogP contribution >= 0.6 is 0 Å². The Morgan fingerprint density at radius 2 is 1.83 bits per heavy atom. The second-order valence-corrected chi connectivity index (χ2v) is 6.52. The predicted molar refractivity (Wildman–Crippen MR) is 98.8 cm³/mol. The van der Waals surface area contributed by atoms with Gasteiger partial charge in [-0.25, -0.2) is 0 Å². The first-order chi connectivity index (χ1) is 11.6. The number of benzene rings is 2. The molecular formula is C22H24O2. The number of ether oxygens (including phenoxy) is 1. The third-order valence-electron chi connectivity index (χ3n) is 4.49. The summed E-state index contributed by atoms with van der Waals surface area (Å²) in [6.07, 6.45) is 4.77. The number of hydrogen-bond donors (Lipinski definition) is 0. The summed E-state index contributed by atoms with van der Waals surface area (Å²) >= 11 is 0. The van der Waals surface area contributed by atoms with Gasteiger partial charge in [0.1, 0.15) is 5.75 Å². The fourth-order valence-electron chi connectivity index (χ4n) is 3.30. The van der Waals surface area contributed by atoms with Crippen LogP contribution in [0.2, 0.25) is 0 Å². The van der Waals surface area contributed by atoms with Crippen molar-refractivity contribution >= 4 is 11.9 Å². The average Bonchev–Trinajstić information content (AvgIpc) is 2.57. The van der Waals surface area contributed by atoms with Gasteiger partial charge in [0.2, 0.25) is 0 Å². The Morgan fingerprint density at radius 3 is 2.54 bits per heavy atom. The summed E-state index contributed by atoms with van der Waals surface area (Å²) < 4.78 is 5.61. The summed E-state index contributed by atoms with van der Waals surface area (Å²) in [5, 5.41) is 0. The first-order valence-electron chi connectivity index (χ1n) is 8.66. The van der Waals surface area contributed by atoms with Crippen LogP contribution in [0.25, 0.3) is 6.08 Å². The monoisotopic (exact) mass is 320 g/mol. The molecule has 2 nitrogen and oxygen atoms in total. The summed E-state index contributed by atoms with van der Waals surface area (Å²) in [6, 6.07) is 12.2. The molecule has 0 unspecified atom stereocenters. The molecule has 24 heavy (non-hydrogen) atoms. The fourth-order valence-corrected chi connectivity index (χ4v) is 3.30. The lowest BCUT2D eigenvalue weighted by Crippen LogP contribution is -2.15. The van der Waals surface area contributed by atoms with Gasteiger partial charge in [-0.2, -0.15) is 0 Å². The number of hydrogen-bond acceptors (Lipinski definition) is 2. The lowest BCUT2D eigenvalue weighted by atomic mass is 9.83. The Kier molecular flexibility index (Phi) is 4.84. The first kappa shape index (κ1) is 16.5. The molecule has 0 saturated heterocycles. The number of carbonyl (C=O) groups excluding carboxylic acids is 1. The van der Waals surface area contributed by atoms with E-state index in [0.29, 0.717) is 0 Å². The molecule has 1 aliphatic rings. The van der Waals surface area contributed by atoms with Gasteiger partial charge in [0, 0.05) is 11.1 Å². The summed E-state index contributed by atoms with van der Waals surface area (Å²) in [7, 11) is 0. The molecule has 124 valence electrons. The topological polar surface area (TPSA) is 26.3 Å². The Morgan fingerprint density at radius 1 is 1.08 bits per heavy atom. The quantitative estimate of drug-likeness (QED) is 0.714. The zero-order valence-electron chi connectivity index (χ0n) is 14.7. The number of fused-ring (bicyclic) bond motifs is 1. The van der Waals surface area contributed by atoms with Gasteiger partial charge in [0.05, 0.1) is 6.61 Å². The van der Waals surface area contributed by atoms with Crippen LogP contribution < -0.4 is 4.74 Å². The number of ketones is 1. The van der Waals surface area contributed by atoms with Crippen LogP contribution in [0.5, 0.6) is 5.75 Å². The van der Waals surface area contributed by atoms with Crippen LogP contribution in [-0.2, 0) is 6.42 Å². The molecule has 0 amide bonds. The molecule has 1 aliphatic carbocycles. The van der Waals surface area contributed by atoms with E-state index in [1.807, 2.05) is 43.3 Å². The number of carbonyl (C=O) groups is 1. The van der Waals surface area contributed by atoms with E-state index in [1.165, 1.54) is 11.1 Å². The van der Waals surface area contributed by atoms with E-state index >= 15 is 0 Å². The molecular weight excluding hydrogens is 296 g/mol. The maximum absolute atomic E-state index is 12.8. The largest absolute Gasteiger partial charge is 0.494 e. The van der Waals surface area contributed by atoms with Crippen molar-refractivity contribution in [1.82, 2.24) is 0 Å². The highest BCUT2D eigenvalue weighted by atomic mass is 16.5. The molecule has 0 heterocycles. The van der Waals surface area contributed by atoms with Crippen molar-refractivity contribution < 1.29 is 9.53 Å². The van der Waals surface area contributed by atoms with E-state index < -0.39 is 0 Å². The van der Waals surface area contributed by atoms with Crippen molar-refractivity contribution in [3.63, 3.8) is 0 Å². The van der Waals surface area contributed by atoms with E-state index in [2.05, 4.69) is 19.9 Å². The zero-order chi connectivity index (χ0) is 17.1. The standard InChI is InChI=1S/C22H24O2/c1-4-11-24-19-8-5-17(6-9-19)14-18-7-10-20-16(3)12-15(2)13-21(20)22(18)23/h5-6,8-9,12-14H,4,7,10-11H2,1-3H3/b18-14+. The number of allylic oxidation sites excluding steroid dienone is 1. The Bertz CT molecular complexity index is 782. The van der Waals surface area contributed by atoms with Gasteiger partial charge in [0.25, 0.3) is 0 Å². The zero-order valence-corrected chi connectivity index (χ0v) is 14.7. The summed E-state index contributed by atoms with van der Waals surface area (Å²) in [6.45, 7) is 6.97. The van der Waals surface area contributed by atoms with Crippen LogP contribution in [0, 0.1) is 13.8 Å². The van der Waals surface area contributed by atoms with E-state index in [9.17, 15) is 4.79 Å². The van der Waals surface area contributed by atoms with Crippen LogP contribution in [0.15, 0.2) is 42.0 Å². The summed E-state index contributed by atoms with van der Waals surface area (Å²) in [5.74, 6) is 1.06. The van der Waals surface area contributed by atoms with E-state index in [0.717, 1.165) is 53.9 Å². The second-order valence-electron chi connectivity index (χ2n) is 6.52. The lowest BCUT2D eigenvalue weighted by molar-refractivity contribution is 0.102. The van der Waals surface area contributed by atoms with Crippen molar-refractivity contribution in [3.8, 4) is 5.75 Å². The van der Waals surface area contributed by atoms with Crippen LogP contribution in [-0.4, -0.2) is 12.4 Å². The molecule has 0 aromatic heterocycles. The third kappa shape index (κ3) is 3.43. The number of aryl methyl sites for hydroxylation is 2. The fraction of sp³-hybridized carbons (Fsp3) is 0.318. The SMILES string of the molecule is CCCOc1ccc(/C=C2\CCc3c(C)cc(C)cc3C2=O)cc1. The van der Waals surface area contributed by atoms with Crippen LogP contribution in [0.3, 0.4) is 0 Å². The second kappa shape index (κ2) is 7.04. The van der Waals surface area contributed by atoms with Crippen molar-refractivity contribution in [3.05, 3.63) is 69.8 Å². The maximum atomic E-state index is 12.8. The predicted octanol–water partition coefficient (Wildman–Crippen LogP) is 5.30. The number of rotatable bonds is 4. The molecule has 2 heteroatoms. The van der Waals surface area contributed by atoms with Crippen molar-refractivity contribution in [2.45, 2.75) is 40.0 Å². The van der Waals surface area contributed by atoms with E-state index in [1.54, 1.807) is 0 Å². The maximum Gasteiger partial charge on any atom is 0.189 e. The Balaban J connectivity index is 1.85. The normalized spacial score (nSPS) is 15.5. The van der Waals surface area contributed by atoms with Gasteiger partial charge in [0.15, 0.2) is 5.78 Å². The molecule has 0 saturated carbocycles. The van der Waals surface area contributed by atoms with Gasteiger partial charge < -0.3 is 4.74 Å². The molecule has 3 rings (SSSR count). The molecule has 0 aliphatic heterocycles. The molecule has 0 atom stereocenters. The Labute approximate surface area is 144 Å². The summed E-state index contributed by atoms with van der Waals surface area (Å²) in [5.41, 5.74) is 6.43. The van der Waals surface area contributed by atoms with Crippen LogP contribution in [0.4, 0.5) is 0 Å². The van der Waals surface area contributed by atoms with Gasteiger partial charge in [-0.3, -0.25) is 4.79 Å². The average molecular weight is 320 g/mol. The molecule has 0 radical (unpaired) electrons. The van der Waals surface area contributed by atoms with E-state index in [-0.39, 0.29) is 5.78 Å². The highest BCUT2D eigenvalue weighted by molar-refractivity contribution is 6.13.